The number of hydrogen-bond donors (Lipinski definition) is 1. The van der Waals surface area contributed by atoms with Gasteiger partial charge in [-0.2, -0.15) is 0 Å². The molecule has 0 atom stereocenters. The number of carbonyl (C=O) groups excluding carboxylic acids is 1. The molecule has 1 amide bonds. The van der Waals surface area contributed by atoms with E-state index < -0.39 is 0 Å². The lowest BCUT2D eigenvalue weighted by atomic mass is 10.3. The summed E-state index contributed by atoms with van der Waals surface area (Å²) in [5, 5.41) is 3.32. The molecule has 1 aliphatic heterocycles. The van der Waals surface area contributed by atoms with Crippen LogP contribution in [-0.2, 0) is 4.79 Å². The van der Waals surface area contributed by atoms with Crippen LogP contribution >= 0.6 is 0 Å². The molecular formula is C15H32N4O. The van der Waals surface area contributed by atoms with Crippen LogP contribution in [0.4, 0.5) is 0 Å². The van der Waals surface area contributed by atoms with Gasteiger partial charge in [-0.1, -0.05) is 13.8 Å². The van der Waals surface area contributed by atoms with E-state index in [2.05, 4.69) is 35.9 Å². The van der Waals surface area contributed by atoms with Crippen molar-refractivity contribution in [3.63, 3.8) is 0 Å². The summed E-state index contributed by atoms with van der Waals surface area (Å²) in [4.78, 5) is 19.0. The molecule has 5 heteroatoms. The van der Waals surface area contributed by atoms with E-state index >= 15 is 0 Å². The van der Waals surface area contributed by atoms with Crippen LogP contribution in [0.25, 0.3) is 0 Å². The molecule has 0 aromatic rings. The molecule has 0 radical (unpaired) electrons. The number of rotatable bonds is 9. The molecule has 1 heterocycles. The minimum absolute atomic E-state index is 0.286. The number of carbonyl (C=O) groups is 1. The second-order valence-electron chi connectivity index (χ2n) is 5.38. The Labute approximate surface area is 124 Å². The normalized spacial score (nSPS) is 16.6. The molecule has 0 aromatic heterocycles. The molecule has 118 valence electrons. The number of piperazine rings is 1. The molecule has 0 aliphatic carbocycles. The average molecular weight is 284 g/mol. The molecule has 1 saturated heterocycles. The third-order valence-electron chi connectivity index (χ3n) is 4.10. The van der Waals surface area contributed by atoms with Gasteiger partial charge in [-0.05, 0) is 33.0 Å². The quantitative estimate of drug-likeness (QED) is 0.668. The fourth-order valence-electron chi connectivity index (χ4n) is 2.64. The first-order chi connectivity index (χ1) is 9.71. The van der Waals surface area contributed by atoms with E-state index in [1.807, 2.05) is 4.90 Å². The third kappa shape index (κ3) is 6.20. The largest absolute Gasteiger partial charge is 0.342 e. The predicted octanol–water partition coefficient (Wildman–Crippen LogP) is 0.472. The Kier molecular flexibility index (Phi) is 8.82. The first-order valence-corrected chi connectivity index (χ1v) is 8.14. The molecule has 0 bridgehead atoms. The van der Waals surface area contributed by atoms with Crippen molar-refractivity contribution < 1.29 is 4.79 Å². The molecule has 0 saturated carbocycles. The lowest BCUT2D eigenvalue weighted by molar-refractivity contribution is -0.132. The first-order valence-electron chi connectivity index (χ1n) is 8.14. The molecule has 0 aromatic carbocycles. The summed E-state index contributed by atoms with van der Waals surface area (Å²) >= 11 is 0. The summed E-state index contributed by atoms with van der Waals surface area (Å²) in [5.74, 6) is 0.286. The van der Waals surface area contributed by atoms with E-state index in [9.17, 15) is 4.79 Å². The van der Waals surface area contributed by atoms with Gasteiger partial charge in [0, 0.05) is 39.3 Å². The van der Waals surface area contributed by atoms with Crippen LogP contribution in [0.3, 0.4) is 0 Å². The summed E-state index contributed by atoms with van der Waals surface area (Å²) in [6.07, 6.45) is 1.07. The van der Waals surface area contributed by atoms with Crippen molar-refractivity contribution in [2.75, 3.05) is 65.4 Å². The Morgan fingerprint density at radius 1 is 1.05 bits per heavy atom. The Hall–Kier alpha value is -0.650. The highest BCUT2D eigenvalue weighted by Crippen LogP contribution is 1.99. The van der Waals surface area contributed by atoms with Crippen LogP contribution < -0.4 is 5.32 Å². The van der Waals surface area contributed by atoms with Gasteiger partial charge in [-0.25, -0.2) is 0 Å². The number of nitrogens with one attached hydrogen (secondary N) is 1. The fourth-order valence-corrected chi connectivity index (χ4v) is 2.64. The van der Waals surface area contributed by atoms with Gasteiger partial charge in [0.05, 0.1) is 6.54 Å². The Morgan fingerprint density at radius 3 is 2.25 bits per heavy atom. The Bertz CT molecular complexity index is 263. The first kappa shape index (κ1) is 17.4. The van der Waals surface area contributed by atoms with Crippen LogP contribution in [0.2, 0.25) is 0 Å². The molecule has 20 heavy (non-hydrogen) atoms. The van der Waals surface area contributed by atoms with Gasteiger partial charge in [-0.3, -0.25) is 9.69 Å². The van der Waals surface area contributed by atoms with Gasteiger partial charge < -0.3 is 15.1 Å². The molecular weight excluding hydrogens is 252 g/mol. The third-order valence-corrected chi connectivity index (χ3v) is 4.10. The van der Waals surface area contributed by atoms with Gasteiger partial charge >= 0.3 is 0 Å². The lowest BCUT2D eigenvalue weighted by Gasteiger charge is -2.30. The van der Waals surface area contributed by atoms with E-state index in [4.69, 9.17) is 0 Å². The zero-order valence-corrected chi connectivity index (χ0v) is 13.5. The number of likely N-dealkylation sites (N-methyl/N-ethyl adjacent to an activating group) is 1. The monoisotopic (exact) mass is 284 g/mol. The molecule has 5 nitrogen and oxygen atoms in total. The lowest BCUT2D eigenvalue weighted by Crippen LogP contribution is -2.48. The fraction of sp³-hybridized carbons (Fsp3) is 0.933. The van der Waals surface area contributed by atoms with Crippen LogP contribution in [0.5, 0.6) is 0 Å². The molecule has 0 spiro atoms. The van der Waals surface area contributed by atoms with Crippen molar-refractivity contribution in [2.24, 2.45) is 0 Å². The van der Waals surface area contributed by atoms with Crippen molar-refractivity contribution >= 4 is 5.91 Å². The van der Waals surface area contributed by atoms with E-state index in [1.165, 1.54) is 0 Å². The van der Waals surface area contributed by atoms with Gasteiger partial charge in [0.2, 0.25) is 5.91 Å². The maximum Gasteiger partial charge on any atom is 0.236 e. The van der Waals surface area contributed by atoms with E-state index in [0.717, 1.165) is 65.3 Å². The van der Waals surface area contributed by atoms with Crippen molar-refractivity contribution in [3.8, 4) is 0 Å². The van der Waals surface area contributed by atoms with E-state index in [0.29, 0.717) is 6.54 Å². The number of nitrogens with zero attached hydrogens (tertiary/aromatic N) is 3. The highest BCUT2D eigenvalue weighted by atomic mass is 16.2. The van der Waals surface area contributed by atoms with Crippen LogP contribution in [0, 0.1) is 0 Å². The van der Waals surface area contributed by atoms with Crippen LogP contribution in [0.15, 0.2) is 0 Å². The van der Waals surface area contributed by atoms with Crippen molar-refractivity contribution in [1.82, 2.24) is 20.0 Å². The van der Waals surface area contributed by atoms with Gasteiger partial charge in [0.25, 0.3) is 0 Å². The number of hydrogen-bond acceptors (Lipinski definition) is 4. The smallest absolute Gasteiger partial charge is 0.236 e. The van der Waals surface area contributed by atoms with Crippen molar-refractivity contribution in [1.29, 1.82) is 0 Å². The minimum atomic E-state index is 0.286. The second kappa shape index (κ2) is 10.1. The maximum atomic E-state index is 12.3. The SMILES string of the molecule is CCN(CC)CCCN(CC)C(=O)CN1CCNCC1. The summed E-state index contributed by atoms with van der Waals surface area (Å²) < 4.78 is 0. The summed E-state index contributed by atoms with van der Waals surface area (Å²) in [7, 11) is 0. The zero-order chi connectivity index (χ0) is 14.8. The summed E-state index contributed by atoms with van der Waals surface area (Å²) in [6.45, 7) is 16.0. The topological polar surface area (TPSA) is 38.8 Å². The Balaban J connectivity index is 2.27. The predicted molar refractivity (Wildman–Crippen MR) is 84.0 cm³/mol. The molecule has 1 rings (SSSR count). The highest BCUT2D eigenvalue weighted by Gasteiger charge is 2.17. The number of amides is 1. The van der Waals surface area contributed by atoms with Gasteiger partial charge in [-0.15, -0.1) is 0 Å². The van der Waals surface area contributed by atoms with Gasteiger partial charge in [0.1, 0.15) is 0 Å². The van der Waals surface area contributed by atoms with E-state index in [-0.39, 0.29) is 5.91 Å². The molecule has 1 fully saturated rings. The standard InChI is InChI=1S/C15H32N4O/c1-4-17(5-2)10-7-11-19(6-3)15(20)14-18-12-8-16-9-13-18/h16H,4-14H2,1-3H3. The summed E-state index contributed by atoms with van der Waals surface area (Å²) in [6, 6.07) is 0. The molecule has 1 N–H and O–H groups in total. The van der Waals surface area contributed by atoms with Crippen LogP contribution in [0.1, 0.15) is 27.2 Å². The van der Waals surface area contributed by atoms with Crippen molar-refractivity contribution in [2.45, 2.75) is 27.2 Å². The molecule has 0 unspecified atom stereocenters. The Morgan fingerprint density at radius 2 is 1.70 bits per heavy atom. The van der Waals surface area contributed by atoms with Crippen molar-refractivity contribution in [3.05, 3.63) is 0 Å². The van der Waals surface area contributed by atoms with Gasteiger partial charge in [0.15, 0.2) is 0 Å². The average Bonchev–Trinajstić information content (AvgIpc) is 2.48. The summed E-state index contributed by atoms with van der Waals surface area (Å²) in [5.41, 5.74) is 0. The molecule has 1 aliphatic rings. The van der Waals surface area contributed by atoms with Crippen LogP contribution in [-0.4, -0.2) is 86.1 Å². The zero-order valence-electron chi connectivity index (χ0n) is 13.5. The second-order valence-corrected chi connectivity index (χ2v) is 5.38. The van der Waals surface area contributed by atoms with E-state index in [1.54, 1.807) is 0 Å². The minimum Gasteiger partial charge on any atom is -0.342 e. The maximum absolute atomic E-state index is 12.3. The highest BCUT2D eigenvalue weighted by molar-refractivity contribution is 5.78.